The number of alkyl halides is 1. The first-order valence-corrected chi connectivity index (χ1v) is 7.77. The van der Waals surface area contributed by atoms with Crippen molar-refractivity contribution in [3.8, 4) is 0 Å². The van der Waals surface area contributed by atoms with Gasteiger partial charge in [0, 0.05) is 18.0 Å². The van der Waals surface area contributed by atoms with E-state index in [-0.39, 0.29) is 0 Å². The van der Waals surface area contributed by atoms with Gasteiger partial charge in [0.05, 0.1) is 11.6 Å². The molecule has 2 aromatic rings. The summed E-state index contributed by atoms with van der Waals surface area (Å²) in [5.41, 5.74) is 0.940. The zero-order valence-corrected chi connectivity index (χ0v) is 13.5. The van der Waals surface area contributed by atoms with Crippen molar-refractivity contribution in [2.24, 2.45) is 5.92 Å². The minimum atomic E-state index is 0.416. The molecule has 3 heteroatoms. The second-order valence-corrected chi connectivity index (χ2v) is 6.20. The second-order valence-electron chi connectivity index (χ2n) is 5.93. The van der Waals surface area contributed by atoms with Crippen molar-refractivity contribution in [2.75, 3.05) is 11.4 Å². The predicted molar refractivity (Wildman–Crippen MR) is 88.6 cm³/mol. The van der Waals surface area contributed by atoms with Crippen LogP contribution in [-0.2, 0) is 5.88 Å². The molecule has 0 atom stereocenters. The molecule has 0 aliphatic heterocycles. The molecule has 0 fully saturated rings. The van der Waals surface area contributed by atoms with Gasteiger partial charge in [-0.2, -0.15) is 0 Å². The SMILES string of the molecule is CC(C)CN(c1nc(CCl)cc2ccccc12)C(C)C. The summed E-state index contributed by atoms with van der Waals surface area (Å²) in [6, 6.07) is 10.9. The maximum absolute atomic E-state index is 6.01. The zero-order chi connectivity index (χ0) is 14.7. The lowest BCUT2D eigenvalue weighted by Gasteiger charge is -2.31. The molecule has 0 saturated heterocycles. The van der Waals surface area contributed by atoms with Gasteiger partial charge in [-0.1, -0.05) is 38.1 Å². The molecule has 1 aromatic carbocycles. The van der Waals surface area contributed by atoms with Gasteiger partial charge in [-0.3, -0.25) is 0 Å². The lowest BCUT2D eigenvalue weighted by atomic mass is 10.1. The average Bonchev–Trinajstić information content (AvgIpc) is 2.43. The summed E-state index contributed by atoms with van der Waals surface area (Å²) < 4.78 is 0. The van der Waals surface area contributed by atoms with E-state index in [9.17, 15) is 0 Å². The summed E-state index contributed by atoms with van der Waals surface area (Å²) in [5, 5.41) is 2.42. The summed E-state index contributed by atoms with van der Waals surface area (Å²) in [5.74, 6) is 2.10. The number of hydrogen-bond acceptors (Lipinski definition) is 2. The molecule has 2 nitrogen and oxygen atoms in total. The number of halogens is 1. The fourth-order valence-corrected chi connectivity index (χ4v) is 2.59. The largest absolute Gasteiger partial charge is 0.353 e. The number of pyridine rings is 1. The van der Waals surface area contributed by atoms with Gasteiger partial charge in [0.25, 0.3) is 0 Å². The number of hydrogen-bond donors (Lipinski definition) is 0. The van der Waals surface area contributed by atoms with E-state index >= 15 is 0 Å². The van der Waals surface area contributed by atoms with Crippen LogP contribution in [0.5, 0.6) is 0 Å². The lowest BCUT2D eigenvalue weighted by Crippen LogP contribution is -2.35. The summed E-state index contributed by atoms with van der Waals surface area (Å²) >= 11 is 6.01. The Morgan fingerprint density at radius 1 is 1.15 bits per heavy atom. The molecule has 2 rings (SSSR count). The molecule has 108 valence electrons. The van der Waals surface area contributed by atoms with E-state index in [0.29, 0.717) is 17.8 Å². The Morgan fingerprint density at radius 3 is 2.45 bits per heavy atom. The molecule has 1 aromatic heterocycles. The van der Waals surface area contributed by atoms with E-state index in [1.54, 1.807) is 0 Å². The summed E-state index contributed by atoms with van der Waals surface area (Å²) in [4.78, 5) is 7.17. The van der Waals surface area contributed by atoms with Gasteiger partial charge >= 0.3 is 0 Å². The number of rotatable bonds is 5. The highest BCUT2D eigenvalue weighted by atomic mass is 35.5. The zero-order valence-electron chi connectivity index (χ0n) is 12.7. The van der Waals surface area contributed by atoms with Crippen LogP contribution in [0.15, 0.2) is 30.3 Å². The Bertz CT molecular complexity index is 578. The van der Waals surface area contributed by atoms with Crippen molar-refractivity contribution in [1.82, 2.24) is 4.98 Å². The van der Waals surface area contributed by atoms with Gasteiger partial charge in [0.15, 0.2) is 0 Å². The smallest absolute Gasteiger partial charge is 0.137 e. The first-order valence-electron chi connectivity index (χ1n) is 7.24. The average molecular weight is 291 g/mol. The Hall–Kier alpha value is -1.28. The summed E-state index contributed by atoms with van der Waals surface area (Å²) in [7, 11) is 0. The first kappa shape index (κ1) is 15.1. The standard InChI is InChI=1S/C17H23ClN2/c1-12(2)11-20(13(3)4)17-16-8-6-5-7-14(16)9-15(10-18)19-17/h5-9,12-13H,10-11H2,1-4H3. The molecule has 0 saturated carbocycles. The van der Waals surface area contributed by atoms with E-state index in [4.69, 9.17) is 16.6 Å². The normalized spacial score (nSPS) is 11.6. The maximum atomic E-state index is 6.01. The topological polar surface area (TPSA) is 16.1 Å². The number of fused-ring (bicyclic) bond motifs is 1. The molecule has 0 aliphatic rings. The van der Waals surface area contributed by atoms with Crippen LogP contribution in [0.1, 0.15) is 33.4 Å². The van der Waals surface area contributed by atoms with Crippen LogP contribution in [0.25, 0.3) is 10.8 Å². The van der Waals surface area contributed by atoms with Gasteiger partial charge in [0.2, 0.25) is 0 Å². The molecule has 0 spiro atoms. The third-order valence-electron chi connectivity index (χ3n) is 3.37. The summed E-state index contributed by atoms with van der Waals surface area (Å²) in [6.45, 7) is 9.91. The van der Waals surface area contributed by atoms with Crippen molar-refractivity contribution in [3.05, 3.63) is 36.0 Å². The predicted octanol–water partition coefficient (Wildman–Crippen LogP) is 4.84. The van der Waals surface area contributed by atoms with Gasteiger partial charge in [-0.05, 0) is 31.2 Å². The Kier molecular flexibility index (Phi) is 4.87. The van der Waals surface area contributed by atoms with Crippen LogP contribution < -0.4 is 4.90 Å². The molecule has 0 N–H and O–H groups in total. The quantitative estimate of drug-likeness (QED) is 0.732. The van der Waals surface area contributed by atoms with Crippen molar-refractivity contribution >= 4 is 28.2 Å². The van der Waals surface area contributed by atoms with E-state index in [1.807, 2.05) is 0 Å². The molecule has 0 bridgehead atoms. The third kappa shape index (κ3) is 3.24. The molecule has 0 aliphatic carbocycles. The minimum absolute atomic E-state index is 0.416. The Morgan fingerprint density at radius 2 is 1.85 bits per heavy atom. The molecule has 0 amide bonds. The molecule has 0 unspecified atom stereocenters. The molecule has 1 heterocycles. The number of aromatic nitrogens is 1. The highest BCUT2D eigenvalue weighted by molar-refractivity contribution is 6.17. The second kappa shape index (κ2) is 6.45. The van der Waals surface area contributed by atoms with Crippen LogP contribution in [0.2, 0.25) is 0 Å². The summed E-state index contributed by atoms with van der Waals surface area (Å²) in [6.07, 6.45) is 0. The minimum Gasteiger partial charge on any atom is -0.353 e. The fourth-order valence-electron chi connectivity index (χ4n) is 2.46. The molecular formula is C17H23ClN2. The number of nitrogens with zero attached hydrogens (tertiary/aromatic N) is 2. The number of benzene rings is 1. The monoisotopic (exact) mass is 290 g/mol. The van der Waals surface area contributed by atoms with Crippen LogP contribution >= 0.6 is 11.6 Å². The Balaban J connectivity index is 2.59. The molecule has 0 radical (unpaired) electrons. The van der Waals surface area contributed by atoms with E-state index in [0.717, 1.165) is 18.1 Å². The third-order valence-corrected chi connectivity index (χ3v) is 3.64. The van der Waals surface area contributed by atoms with Gasteiger partial charge in [-0.25, -0.2) is 4.98 Å². The van der Waals surface area contributed by atoms with Crippen LogP contribution in [0.3, 0.4) is 0 Å². The van der Waals surface area contributed by atoms with E-state index < -0.39 is 0 Å². The van der Waals surface area contributed by atoms with Crippen molar-refractivity contribution in [3.63, 3.8) is 0 Å². The fraction of sp³-hybridized carbons (Fsp3) is 0.471. The van der Waals surface area contributed by atoms with Gasteiger partial charge < -0.3 is 4.90 Å². The van der Waals surface area contributed by atoms with Crippen molar-refractivity contribution in [2.45, 2.75) is 39.6 Å². The van der Waals surface area contributed by atoms with Crippen LogP contribution in [0.4, 0.5) is 5.82 Å². The van der Waals surface area contributed by atoms with Gasteiger partial charge in [-0.15, -0.1) is 11.6 Å². The van der Waals surface area contributed by atoms with Crippen LogP contribution in [-0.4, -0.2) is 17.6 Å². The number of anilines is 1. The Labute approximate surface area is 126 Å². The maximum Gasteiger partial charge on any atom is 0.137 e. The molecule has 20 heavy (non-hydrogen) atoms. The van der Waals surface area contributed by atoms with Crippen molar-refractivity contribution < 1.29 is 0 Å². The first-order chi connectivity index (χ1) is 9.52. The van der Waals surface area contributed by atoms with Crippen molar-refractivity contribution in [1.29, 1.82) is 0 Å². The van der Waals surface area contributed by atoms with Gasteiger partial charge in [0.1, 0.15) is 5.82 Å². The highest BCUT2D eigenvalue weighted by Gasteiger charge is 2.17. The van der Waals surface area contributed by atoms with Crippen LogP contribution in [0, 0.1) is 5.92 Å². The van der Waals surface area contributed by atoms with E-state index in [1.165, 1.54) is 10.8 Å². The molecular weight excluding hydrogens is 268 g/mol. The lowest BCUT2D eigenvalue weighted by molar-refractivity contribution is 0.567. The highest BCUT2D eigenvalue weighted by Crippen LogP contribution is 2.28. The van der Waals surface area contributed by atoms with E-state index in [2.05, 4.69) is 62.9 Å².